The molecule has 0 spiro atoms. The second-order valence-corrected chi connectivity index (χ2v) is 6.34. The van der Waals surface area contributed by atoms with Crippen LogP contribution in [0, 0.1) is 17.2 Å². The maximum Gasteiger partial charge on any atom is 0.419 e. The van der Waals surface area contributed by atoms with Crippen LogP contribution in [0.4, 0.5) is 17.6 Å². The fourth-order valence-corrected chi connectivity index (χ4v) is 3.08. The minimum Gasteiger partial charge on any atom is -0.294 e. The summed E-state index contributed by atoms with van der Waals surface area (Å²) in [5, 5.41) is 0. The first-order chi connectivity index (χ1) is 9.63. The van der Waals surface area contributed by atoms with Crippen LogP contribution in [0.25, 0.3) is 0 Å². The lowest BCUT2D eigenvalue weighted by molar-refractivity contribution is -0.140. The Morgan fingerprint density at radius 2 is 1.90 bits per heavy atom. The van der Waals surface area contributed by atoms with Gasteiger partial charge in [-0.25, -0.2) is 4.39 Å². The lowest BCUT2D eigenvalue weighted by Crippen LogP contribution is -2.34. The molecule has 1 saturated carbocycles. The van der Waals surface area contributed by atoms with Crippen molar-refractivity contribution in [3.63, 3.8) is 0 Å². The van der Waals surface area contributed by atoms with E-state index in [0.717, 1.165) is 31.4 Å². The third kappa shape index (κ3) is 3.27. The third-order valence-corrected chi connectivity index (χ3v) is 4.38. The zero-order valence-corrected chi connectivity index (χ0v) is 12.1. The van der Waals surface area contributed by atoms with Crippen molar-refractivity contribution in [2.24, 2.45) is 11.3 Å². The molecular formula is C16H18F4O. The van der Waals surface area contributed by atoms with E-state index in [1.54, 1.807) is 0 Å². The zero-order chi connectivity index (χ0) is 15.8. The molecule has 0 saturated heterocycles. The summed E-state index contributed by atoms with van der Waals surface area (Å²) >= 11 is 0. The summed E-state index contributed by atoms with van der Waals surface area (Å²) in [5.74, 6) is -1.97. The molecule has 1 aliphatic carbocycles. The number of benzene rings is 1. The van der Waals surface area contributed by atoms with Crippen LogP contribution < -0.4 is 0 Å². The normalized spacial score (nSPS) is 22.1. The number of hydrogen-bond acceptors (Lipinski definition) is 1. The standard InChI is InChI=1S/C16H18F4O/c1-15(2)8-4-3-5-11(15)14(21)10-6-7-13(17)12(9-10)16(18,19)20/h6-7,9,11H,3-5,8H2,1-2H3. The molecule has 0 amide bonds. The molecular weight excluding hydrogens is 284 g/mol. The maximum absolute atomic E-state index is 13.3. The van der Waals surface area contributed by atoms with E-state index in [2.05, 4.69) is 0 Å². The predicted molar refractivity (Wildman–Crippen MR) is 71.5 cm³/mol. The second-order valence-electron chi connectivity index (χ2n) is 6.34. The summed E-state index contributed by atoms with van der Waals surface area (Å²) in [6.45, 7) is 3.92. The van der Waals surface area contributed by atoms with Gasteiger partial charge in [0.1, 0.15) is 5.82 Å². The van der Waals surface area contributed by atoms with Crippen molar-refractivity contribution in [3.05, 3.63) is 35.1 Å². The molecule has 1 atom stereocenters. The van der Waals surface area contributed by atoms with Crippen LogP contribution in [0.15, 0.2) is 18.2 Å². The zero-order valence-electron chi connectivity index (χ0n) is 12.1. The van der Waals surface area contributed by atoms with Crippen molar-refractivity contribution >= 4 is 5.78 Å². The van der Waals surface area contributed by atoms with E-state index in [-0.39, 0.29) is 22.7 Å². The van der Waals surface area contributed by atoms with Crippen LogP contribution >= 0.6 is 0 Å². The van der Waals surface area contributed by atoms with Crippen LogP contribution in [-0.2, 0) is 6.18 Å². The molecule has 1 aromatic rings. The molecule has 5 heteroatoms. The monoisotopic (exact) mass is 302 g/mol. The summed E-state index contributed by atoms with van der Waals surface area (Å²) in [6, 6.07) is 2.52. The molecule has 1 aliphatic rings. The Morgan fingerprint density at radius 3 is 2.48 bits per heavy atom. The van der Waals surface area contributed by atoms with E-state index in [4.69, 9.17) is 0 Å². The Hall–Kier alpha value is -1.39. The Bertz CT molecular complexity index is 546. The van der Waals surface area contributed by atoms with Crippen LogP contribution in [0.5, 0.6) is 0 Å². The fourth-order valence-electron chi connectivity index (χ4n) is 3.08. The van der Waals surface area contributed by atoms with Crippen LogP contribution in [0.2, 0.25) is 0 Å². The lowest BCUT2D eigenvalue weighted by Gasteiger charge is -2.37. The summed E-state index contributed by atoms with van der Waals surface area (Å²) in [6.07, 6.45) is -1.33. The Morgan fingerprint density at radius 1 is 1.24 bits per heavy atom. The number of alkyl halides is 3. The Kier molecular flexibility index (Phi) is 4.13. The van der Waals surface area contributed by atoms with Crippen molar-refractivity contribution in [3.8, 4) is 0 Å². The molecule has 0 aromatic heterocycles. The van der Waals surface area contributed by atoms with E-state index in [9.17, 15) is 22.4 Å². The third-order valence-electron chi connectivity index (χ3n) is 4.38. The molecule has 21 heavy (non-hydrogen) atoms. The Balaban J connectivity index is 2.36. The highest BCUT2D eigenvalue weighted by molar-refractivity contribution is 5.98. The first-order valence-corrected chi connectivity index (χ1v) is 7.04. The first-order valence-electron chi connectivity index (χ1n) is 7.04. The minimum atomic E-state index is -4.79. The number of carbonyl (C=O) groups excluding carboxylic acids is 1. The molecule has 1 nitrogen and oxygen atoms in total. The van der Waals surface area contributed by atoms with Crippen LogP contribution in [0.1, 0.15) is 55.5 Å². The first kappa shape index (κ1) is 16.0. The van der Waals surface area contributed by atoms with Crippen LogP contribution in [0.3, 0.4) is 0 Å². The molecule has 0 radical (unpaired) electrons. The minimum absolute atomic E-state index is 0.0521. The van der Waals surface area contributed by atoms with Crippen molar-refractivity contribution in [2.45, 2.75) is 45.7 Å². The average Bonchev–Trinajstić information content (AvgIpc) is 2.36. The highest BCUT2D eigenvalue weighted by atomic mass is 19.4. The van der Waals surface area contributed by atoms with Crippen molar-refractivity contribution in [1.29, 1.82) is 0 Å². The smallest absolute Gasteiger partial charge is 0.294 e. The molecule has 2 rings (SSSR count). The highest BCUT2D eigenvalue weighted by Crippen LogP contribution is 2.42. The summed E-state index contributed by atoms with van der Waals surface area (Å²) in [7, 11) is 0. The van der Waals surface area contributed by atoms with Gasteiger partial charge in [-0.1, -0.05) is 26.7 Å². The predicted octanol–water partition coefficient (Wildman–Crippen LogP) is 5.24. The lowest BCUT2D eigenvalue weighted by atomic mass is 9.66. The molecule has 1 aromatic carbocycles. The van der Waals surface area contributed by atoms with Crippen molar-refractivity contribution in [2.75, 3.05) is 0 Å². The number of carbonyl (C=O) groups is 1. The van der Waals surface area contributed by atoms with E-state index >= 15 is 0 Å². The second kappa shape index (κ2) is 5.43. The SMILES string of the molecule is CC1(C)CCCCC1C(=O)c1ccc(F)c(C(F)(F)F)c1. The number of halogens is 4. The fraction of sp³-hybridized carbons (Fsp3) is 0.562. The van der Waals surface area contributed by atoms with Crippen LogP contribution in [-0.4, -0.2) is 5.78 Å². The van der Waals surface area contributed by atoms with Gasteiger partial charge < -0.3 is 0 Å². The molecule has 0 bridgehead atoms. The Labute approximate surface area is 121 Å². The van der Waals surface area contributed by atoms with Gasteiger partial charge in [-0.15, -0.1) is 0 Å². The maximum atomic E-state index is 13.3. The largest absolute Gasteiger partial charge is 0.419 e. The summed E-state index contributed by atoms with van der Waals surface area (Å²) < 4.78 is 51.5. The van der Waals surface area contributed by atoms with Crippen molar-refractivity contribution < 1.29 is 22.4 Å². The topological polar surface area (TPSA) is 17.1 Å². The number of Topliss-reactive ketones (excluding diaryl/α,β-unsaturated/α-hetero) is 1. The number of rotatable bonds is 2. The van der Waals surface area contributed by atoms with E-state index in [1.807, 2.05) is 13.8 Å². The molecule has 1 fully saturated rings. The van der Waals surface area contributed by atoms with E-state index in [1.165, 1.54) is 0 Å². The van der Waals surface area contributed by atoms with Crippen molar-refractivity contribution in [1.82, 2.24) is 0 Å². The van der Waals surface area contributed by atoms with E-state index < -0.39 is 17.6 Å². The van der Waals surface area contributed by atoms with Gasteiger partial charge in [-0.3, -0.25) is 4.79 Å². The molecule has 1 unspecified atom stereocenters. The van der Waals surface area contributed by atoms with Gasteiger partial charge in [-0.2, -0.15) is 13.2 Å². The summed E-state index contributed by atoms with van der Waals surface area (Å²) in [4.78, 5) is 12.5. The van der Waals surface area contributed by atoms with Gasteiger partial charge in [0.15, 0.2) is 5.78 Å². The molecule has 116 valence electrons. The summed E-state index contributed by atoms with van der Waals surface area (Å²) in [5.41, 5.74) is -1.66. The highest BCUT2D eigenvalue weighted by Gasteiger charge is 2.39. The van der Waals surface area contributed by atoms with Gasteiger partial charge in [0.25, 0.3) is 0 Å². The quantitative estimate of drug-likeness (QED) is 0.539. The molecule has 0 heterocycles. The molecule has 0 N–H and O–H groups in total. The number of ketones is 1. The number of hydrogen-bond donors (Lipinski definition) is 0. The van der Waals surface area contributed by atoms with E-state index in [0.29, 0.717) is 12.5 Å². The van der Waals surface area contributed by atoms with Gasteiger partial charge >= 0.3 is 6.18 Å². The average molecular weight is 302 g/mol. The van der Waals surface area contributed by atoms with Gasteiger partial charge in [0, 0.05) is 11.5 Å². The van der Waals surface area contributed by atoms with Gasteiger partial charge in [0.2, 0.25) is 0 Å². The molecule has 0 aliphatic heterocycles. The van der Waals surface area contributed by atoms with Gasteiger partial charge in [0.05, 0.1) is 5.56 Å². The van der Waals surface area contributed by atoms with Gasteiger partial charge in [-0.05, 0) is 36.5 Å².